The summed E-state index contributed by atoms with van der Waals surface area (Å²) in [6.45, 7) is 14.1. The molecule has 0 fully saturated rings. The molecule has 0 heterocycles. The molecule has 0 bridgehead atoms. The summed E-state index contributed by atoms with van der Waals surface area (Å²) in [5.74, 6) is 0. The highest BCUT2D eigenvalue weighted by molar-refractivity contribution is 6.83. The van der Waals surface area contributed by atoms with Crippen molar-refractivity contribution in [3.05, 3.63) is 23.0 Å². The molecule has 1 aliphatic rings. The van der Waals surface area contributed by atoms with Crippen molar-refractivity contribution in [1.82, 2.24) is 4.90 Å². The average molecular weight is 209 g/mol. The van der Waals surface area contributed by atoms with Crippen molar-refractivity contribution < 1.29 is 0 Å². The molecule has 1 nitrogen and oxygen atoms in total. The summed E-state index contributed by atoms with van der Waals surface area (Å²) < 4.78 is 0. The summed E-state index contributed by atoms with van der Waals surface area (Å²) >= 11 is 0. The van der Waals surface area contributed by atoms with Crippen LogP contribution in [-0.2, 0) is 0 Å². The lowest BCUT2D eigenvalue weighted by Crippen LogP contribution is -2.29. The van der Waals surface area contributed by atoms with E-state index in [4.69, 9.17) is 0 Å². The van der Waals surface area contributed by atoms with Gasteiger partial charge in [-0.25, -0.2) is 0 Å². The molecule has 0 radical (unpaired) electrons. The molecule has 1 rings (SSSR count). The Morgan fingerprint density at radius 3 is 2.21 bits per heavy atom. The maximum atomic E-state index is 2.51. The summed E-state index contributed by atoms with van der Waals surface area (Å²) in [4.78, 5) is 2.51. The summed E-state index contributed by atoms with van der Waals surface area (Å²) in [5, 5.41) is 1.65. The molecule has 0 aromatic heterocycles. The standard InChI is InChI=1S/C12H23NSi/c1-6-13(7-2)11-9-8-10-12(11)14(3,4)5/h8,10H,6-7,9H2,1-5H3. The Morgan fingerprint density at radius 2 is 1.79 bits per heavy atom. The number of allylic oxidation sites excluding steroid dienone is 3. The molecule has 0 saturated heterocycles. The van der Waals surface area contributed by atoms with Crippen LogP contribution in [-0.4, -0.2) is 26.1 Å². The Labute approximate surface area is 89.5 Å². The third-order valence-electron chi connectivity index (χ3n) is 2.86. The Hall–Kier alpha value is -0.503. The van der Waals surface area contributed by atoms with E-state index < -0.39 is 8.07 Å². The van der Waals surface area contributed by atoms with Crippen molar-refractivity contribution in [2.75, 3.05) is 13.1 Å². The second kappa shape index (κ2) is 4.35. The van der Waals surface area contributed by atoms with E-state index in [9.17, 15) is 0 Å². The van der Waals surface area contributed by atoms with Crippen molar-refractivity contribution in [3.8, 4) is 0 Å². The van der Waals surface area contributed by atoms with Gasteiger partial charge in [0.05, 0.1) is 8.07 Å². The van der Waals surface area contributed by atoms with E-state index >= 15 is 0 Å². The highest BCUT2D eigenvalue weighted by Crippen LogP contribution is 2.29. The molecule has 0 N–H and O–H groups in total. The van der Waals surface area contributed by atoms with Gasteiger partial charge in [-0.3, -0.25) is 0 Å². The molecule has 0 saturated carbocycles. The Morgan fingerprint density at radius 1 is 1.21 bits per heavy atom. The SMILES string of the molecule is CCN(CC)C1=C([Si](C)(C)C)C=CC1. The van der Waals surface area contributed by atoms with Gasteiger partial charge in [0.2, 0.25) is 0 Å². The van der Waals surface area contributed by atoms with Crippen LogP contribution in [0.1, 0.15) is 20.3 Å². The van der Waals surface area contributed by atoms with E-state index in [2.05, 4.69) is 50.5 Å². The summed E-state index contributed by atoms with van der Waals surface area (Å²) in [6, 6.07) is 0. The van der Waals surface area contributed by atoms with Crippen LogP contribution in [0.15, 0.2) is 23.0 Å². The molecule has 0 amide bonds. The van der Waals surface area contributed by atoms with E-state index in [1.54, 1.807) is 10.9 Å². The van der Waals surface area contributed by atoms with E-state index in [-0.39, 0.29) is 0 Å². The van der Waals surface area contributed by atoms with Gasteiger partial charge in [0, 0.05) is 25.2 Å². The normalized spacial score (nSPS) is 16.6. The summed E-state index contributed by atoms with van der Waals surface area (Å²) in [6.07, 6.45) is 5.84. The maximum absolute atomic E-state index is 2.51. The average Bonchev–Trinajstić information content (AvgIpc) is 2.54. The quantitative estimate of drug-likeness (QED) is 0.641. The highest BCUT2D eigenvalue weighted by Gasteiger charge is 2.25. The van der Waals surface area contributed by atoms with Crippen molar-refractivity contribution in [2.45, 2.75) is 39.9 Å². The van der Waals surface area contributed by atoms with Gasteiger partial charge in [-0.05, 0) is 19.0 Å². The molecule has 0 aromatic rings. The Kier molecular flexibility index (Phi) is 3.59. The van der Waals surface area contributed by atoms with Crippen molar-refractivity contribution >= 4 is 8.07 Å². The minimum atomic E-state index is -1.13. The van der Waals surface area contributed by atoms with Gasteiger partial charge in [-0.15, -0.1) is 0 Å². The van der Waals surface area contributed by atoms with Crippen LogP contribution in [0, 0.1) is 0 Å². The monoisotopic (exact) mass is 209 g/mol. The molecule has 0 aromatic carbocycles. The molecule has 0 aliphatic heterocycles. The van der Waals surface area contributed by atoms with Crippen LogP contribution >= 0.6 is 0 Å². The van der Waals surface area contributed by atoms with Crippen LogP contribution in [0.25, 0.3) is 0 Å². The fraction of sp³-hybridized carbons (Fsp3) is 0.667. The molecule has 14 heavy (non-hydrogen) atoms. The van der Waals surface area contributed by atoms with Crippen molar-refractivity contribution in [1.29, 1.82) is 0 Å². The first kappa shape index (κ1) is 11.6. The lowest BCUT2D eigenvalue weighted by atomic mass is 10.3. The van der Waals surface area contributed by atoms with Crippen LogP contribution in [0.4, 0.5) is 0 Å². The minimum absolute atomic E-state index is 1.13. The third kappa shape index (κ3) is 2.29. The number of rotatable bonds is 4. The molecule has 0 spiro atoms. The summed E-state index contributed by atoms with van der Waals surface area (Å²) in [5.41, 5.74) is 1.59. The molecule has 0 atom stereocenters. The molecule has 0 unspecified atom stereocenters. The number of hydrogen-bond acceptors (Lipinski definition) is 1. The van der Waals surface area contributed by atoms with Crippen LogP contribution in [0.3, 0.4) is 0 Å². The largest absolute Gasteiger partial charge is 0.375 e. The van der Waals surface area contributed by atoms with Crippen LogP contribution in [0.2, 0.25) is 19.6 Å². The lowest BCUT2D eigenvalue weighted by Gasteiger charge is -2.28. The van der Waals surface area contributed by atoms with Gasteiger partial charge in [-0.1, -0.05) is 31.8 Å². The van der Waals surface area contributed by atoms with Crippen LogP contribution in [0.5, 0.6) is 0 Å². The van der Waals surface area contributed by atoms with Crippen molar-refractivity contribution in [2.24, 2.45) is 0 Å². The van der Waals surface area contributed by atoms with Gasteiger partial charge in [0.15, 0.2) is 0 Å². The fourth-order valence-electron chi connectivity index (χ4n) is 2.08. The molecular formula is C12H23NSi. The van der Waals surface area contributed by atoms with Crippen molar-refractivity contribution in [3.63, 3.8) is 0 Å². The zero-order valence-electron chi connectivity index (χ0n) is 10.2. The zero-order chi connectivity index (χ0) is 10.8. The van der Waals surface area contributed by atoms with Crippen LogP contribution < -0.4 is 0 Å². The summed E-state index contributed by atoms with van der Waals surface area (Å²) in [7, 11) is -1.13. The van der Waals surface area contributed by atoms with E-state index in [1.165, 1.54) is 0 Å². The zero-order valence-corrected chi connectivity index (χ0v) is 11.2. The first-order valence-corrected chi connectivity index (χ1v) is 9.15. The first-order chi connectivity index (χ1) is 6.50. The van der Waals surface area contributed by atoms with E-state index in [0.717, 1.165) is 19.5 Å². The smallest absolute Gasteiger partial charge is 0.0798 e. The lowest BCUT2D eigenvalue weighted by molar-refractivity contribution is 0.376. The van der Waals surface area contributed by atoms with Gasteiger partial charge >= 0.3 is 0 Å². The van der Waals surface area contributed by atoms with Gasteiger partial charge in [0.1, 0.15) is 0 Å². The van der Waals surface area contributed by atoms with Gasteiger partial charge in [0.25, 0.3) is 0 Å². The second-order valence-corrected chi connectivity index (χ2v) is 9.93. The Bertz CT molecular complexity index is 254. The fourth-order valence-corrected chi connectivity index (χ4v) is 3.83. The first-order valence-electron chi connectivity index (χ1n) is 5.65. The number of hydrogen-bond donors (Lipinski definition) is 0. The number of nitrogens with zero attached hydrogens (tertiary/aromatic N) is 1. The minimum Gasteiger partial charge on any atom is -0.375 e. The van der Waals surface area contributed by atoms with Gasteiger partial charge in [-0.2, -0.15) is 0 Å². The van der Waals surface area contributed by atoms with E-state index in [0.29, 0.717) is 0 Å². The molecule has 1 aliphatic carbocycles. The van der Waals surface area contributed by atoms with Gasteiger partial charge < -0.3 is 4.90 Å². The maximum Gasteiger partial charge on any atom is 0.0798 e. The Balaban J connectivity index is 2.96. The third-order valence-corrected chi connectivity index (χ3v) is 4.93. The molecule has 2 heteroatoms. The topological polar surface area (TPSA) is 3.24 Å². The van der Waals surface area contributed by atoms with E-state index in [1.807, 2.05) is 0 Å². The predicted molar refractivity (Wildman–Crippen MR) is 67.1 cm³/mol. The second-order valence-electron chi connectivity index (χ2n) is 4.89. The highest BCUT2D eigenvalue weighted by atomic mass is 28.3. The predicted octanol–water partition coefficient (Wildman–Crippen LogP) is 3.42. The molecule has 80 valence electrons. The molecular weight excluding hydrogens is 186 g/mol.